The lowest BCUT2D eigenvalue weighted by Crippen LogP contribution is -2.41. The number of rotatable bonds is 2. The van der Waals surface area contributed by atoms with Gasteiger partial charge in [-0.05, 0) is 33.1 Å². The molecular weight excluding hydrogens is 166 g/mol. The number of ether oxygens (including phenoxy) is 1. The molecule has 0 spiro atoms. The molecule has 1 saturated carbocycles. The normalized spacial score (nSPS) is 32.8. The molecule has 3 heteroatoms. The van der Waals surface area contributed by atoms with Gasteiger partial charge in [0.05, 0.1) is 0 Å². The van der Waals surface area contributed by atoms with E-state index in [1.165, 1.54) is 0 Å². The van der Waals surface area contributed by atoms with Crippen molar-refractivity contribution in [3.8, 4) is 0 Å². The predicted octanol–water partition coefficient (Wildman–Crippen LogP) is 1.46. The van der Waals surface area contributed by atoms with Gasteiger partial charge in [0, 0.05) is 0 Å². The quantitative estimate of drug-likeness (QED) is 0.662. The summed E-state index contributed by atoms with van der Waals surface area (Å²) in [6.07, 6.45) is 1.73. The highest BCUT2D eigenvalue weighted by atomic mass is 16.6. The van der Waals surface area contributed by atoms with Gasteiger partial charge >= 0.3 is 5.97 Å². The maximum Gasteiger partial charge on any atom is 0.326 e. The second-order valence-electron chi connectivity index (χ2n) is 4.85. The first-order valence-corrected chi connectivity index (χ1v) is 4.82. The Morgan fingerprint density at radius 1 is 1.62 bits per heavy atom. The number of carbonyl (C=O) groups is 1. The van der Waals surface area contributed by atoms with E-state index in [2.05, 4.69) is 0 Å². The molecule has 0 amide bonds. The Hall–Kier alpha value is -0.570. The van der Waals surface area contributed by atoms with Crippen molar-refractivity contribution < 1.29 is 9.53 Å². The molecule has 0 aromatic carbocycles. The summed E-state index contributed by atoms with van der Waals surface area (Å²) in [5, 5.41) is 0. The molecule has 0 bridgehead atoms. The second kappa shape index (κ2) is 2.98. The molecule has 13 heavy (non-hydrogen) atoms. The molecule has 0 saturated heterocycles. The van der Waals surface area contributed by atoms with Crippen LogP contribution in [-0.4, -0.2) is 17.1 Å². The van der Waals surface area contributed by atoms with Crippen molar-refractivity contribution in [2.24, 2.45) is 11.7 Å². The summed E-state index contributed by atoms with van der Waals surface area (Å²) in [4.78, 5) is 11.6. The third-order valence-electron chi connectivity index (χ3n) is 2.42. The lowest BCUT2D eigenvalue weighted by atomic mass is 10.1. The molecule has 1 rings (SSSR count). The molecule has 0 heterocycles. The first-order chi connectivity index (χ1) is 5.79. The summed E-state index contributed by atoms with van der Waals surface area (Å²) >= 11 is 0. The predicted molar refractivity (Wildman–Crippen MR) is 51.2 cm³/mol. The fourth-order valence-corrected chi connectivity index (χ4v) is 1.48. The van der Waals surface area contributed by atoms with Gasteiger partial charge in [0.2, 0.25) is 0 Å². The standard InChI is InChI=1S/C10H19NO2/c1-5-7-6-10(7,11)8(12)13-9(2,3)4/h7H,5-6,11H2,1-4H3/t7-,10-/m1/s1. The zero-order valence-electron chi connectivity index (χ0n) is 8.89. The van der Waals surface area contributed by atoms with E-state index < -0.39 is 11.1 Å². The zero-order chi connectivity index (χ0) is 10.3. The molecule has 2 atom stereocenters. The first kappa shape index (κ1) is 10.5. The van der Waals surface area contributed by atoms with Crippen molar-refractivity contribution in [1.29, 1.82) is 0 Å². The van der Waals surface area contributed by atoms with Crippen molar-refractivity contribution in [2.75, 3.05) is 0 Å². The molecule has 1 aliphatic carbocycles. The molecule has 1 aliphatic rings. The molecule has 1 fully saturated rings. The van der Waals surface area contributed by atoms with E-state index in [4.69, 9.17) is 10.5 Å². The monoisotopic (exact) mass is 185 g/mol. The van der Waals surface area contributed by atoms with Gasteiger partial charge in [0.25, 0.3) is 0 Å². The van der Waals surface area contributed by atoms with Gasteiger partial charge in [0.15, 0.2) is 0 Å². The number of carbonyl (C=O) groups excluding carboxylic acids is 1. The van der Waals surface area contributed by atoms with Crippen LogP contribution in [0.3, 0.4) is 0 Å². The highest BCUT2D eigenvalue weighted by molar-refractivity contribution is 5.85. The van der Waals surface area contributed by atoms with Crippen LogP contribution in [0, 0.1) is 5.92 Å². The van der Waals surface area contributed by atoms with Crippen LogP contribution in [0.2, 0.25) is 0 Å². The van der Waals surface area contributed by atoms with Gasteiger partial charge in [-0.25, -0.2) is 0 Å². The summed E-state index contributed by atoms with van der Waals surface area (Å²) in [5.41, 5.74) is 4.77. The van der Waals surface area contributed by atoms with Gasteiger partial charge in [-0.1, -0.05) is 13.3 Å². The van der Waals surface area contributed by atoms with Gasteiger partial charge in [-0.15, -0.1) is 0 Å². The maximum absolute atomic E-state index is 11.6. The molecular formula is C10H19NO2. The SMILES string of the molecule is CC[C@@H]1C[C@]1(N)C(=O)OC(C)(C)C. The van der Waals surface area contributed by atoms with Crippen LogP contribution in [-0.2, 0) is 9.53 Å². The number of esters is 1. The molecule has 0 aromatic rings. The van der Waals surface area contributed by atoms with Gasteiger partial charge in [-0.3, -0.25) is 4.79 Å². The second-order valence-corrected chi connectivity index (χ2v) is 4.85. The van der Waals surface area contributed by atoms with Crippen molar-refractivity contribution in [3.05, 3.63) is 0 Å². The zero-order valence-corrected chi connectivity index (χ0v) is 8.89. The van der Waals surface area contributed by atoms with Gasteiger partial charge < -0.3 is 10.5 Å². The average Bonchev–Trinajstić information content (AvgIpc) is 2.60. The summed E-state index contributed by atoms with van der Waals surface area (Å²) in [7, 11) is 0. The first-order valence-electron chi connectivity index (χ1n) is 4.82. The van der Waals surface area contributed by atoms with Crippen LogP contribution in [0.5, 0.6) is 0 Å². The van der Waals surface area contributed by atoms with Gasteiger partial charge in [0.1, 0.15) is 11.1 Å². The van der Waals surface area contributed by atoms with E-state index in [0.29, 0.717) is 5.92 Å². The van der Waals surface area contributed by atoms with Crippen LogP contribution in [0.1, 0.15) is 40.5 Å². The molecule has 0 radical (unpaired) electrons. The molecule has 2 N–H and O–H groups in total. The van der Waals surface area contributed by atoms with E-state index in [0.717, 1.165) is 12.8 Å². The van der Waals surface area contributed by atoms with E-state index in [-0.39, 0.29) is 5.97 Å². The van der Waals surface area contributed by atoms with Crippen molar-refractivity contribution in [3.63, 3.8) is 0 Å². The molecule has 3 nitrogen and oxygen atoms in total. The number of hydrogen-bond acceptors (Lipinski definition) is 3. The summed E-state index contributed by atoms with van der Waals surface area (Å²) < 4.78 is 5.23. The van der Waals surface area contributed by atoms with E-state index in [1.807, 2.05) is 27.7 Å². The highest BCUT2D eigenvalue weighted by Gasteiger charge is 2.57. The van der Waals surface area contributed by atoms with E-state index in [9.17, 15) is 4.79 Å². The smallest absolute Gasteiger partial charge is 0.326 e. The molecule has 0 aliphatic heterocycles. The Morgan fingerprint density at radius 2 is 2.15 bits per heavy atom. The third kappa shape index (κ3) is 2.21. The molecule has 0 aromatic heterocycles. The summed E-state index contributed by atoms with van der Waals surface area (Å²) in [6.45, 7) is 7.62. The third-order valence-corrected chi connectivity index (χ3v) is 2.42. The Balaban J connectivity index is 2.51. The average molecular weight is 185 g/mol. The Bertz CT molecular complexity index is 219. The van der Waals surface area contributed by atoms with E-state index >= 15 is 0 Å². The number of hydrogen-bond donors (Lipinski definition) is 1. The van der Waals surface area contributed by atoms with Gasteiger partial charge in [-0.2, -0.15) is 0 Å². The van der Waals surface area contributed by atoms with Crippen molar-refractivity contribution in [2.45, 2.75) is 51.7 Å². The van der Waals surface area contributed by atoms with Crippen molar-refractivity contribution >= 4 is 5.97 Å². The lowest BCUT2D eigenvalue weighted by molar-refractivity contribution is -0.158. The molecule has 76 valence electrons. The van der Waals surface area contributed by atoms with Crippen LogP contribution in [0.4, 0.5) is 0 Å². The minimum absolute atomic E-state index is 0.244. The lowest BCUT2D eigenvalue weighted by Gasteiger charge is -2.22. The van der Waals surface area contributed by atoms with Crippen LogP contribution in [0.15, 0.2) is 0 Å². The van der Waals surface area contributed by atoms with Crippen LogP contribution < -0.4 is 5.73 Å². The fraction of sp³-hybridized carbons (Fsp3) is 0.900. The minimum atomic E-state index is -0.679. The summed E-state index contributed by atoms with van der Waals surface area (Å²) in [6, 6.07) is 0. The van der Waals surface area contributed by atoms with E-state index in [1.54, 1.807) is 0 Å². The Morgan fingerprint density at radius 3 is 2.46 bits per heavy atom. The van der Waals surface area contributed by atoms with Crippen molar-refractivity contribution in [1.82, 2.24) is 0 Å². The maximum atomic E-state index is 11.6. The Labute approximate surface area is 79.6 Å². The van der Waals surface area contributed by atoms with Crippen LogP contribution in [0.25, 0.3) is 0 Å². The highest BCUT2D eigenvalue weighted by Crippen LogP contribution is 2.44. The fourth-order valence-electron chi connectivity index (χ4n) is 1.48. The number of nitrogens with two attached hydrogens (primary N) is 1. The van der Waals surface area contributed by atoms with Crippen LogP contribution >= 0.6 is 0 Å². The topological polar surface area (TPSA) is 52.3 Å². The Kier molecular flexibility index (Phi) is 2.41. The largest absolute Gasteiger partial charge is 0.459 e. The molecule has 0 unspecified atom stereocenters. The minimum Gasteiger partial charge on any atom is -0.459 e. The summed E-state index contributed by atoms with van der Waals surface area (Å²) in [5.74, 6) is 0.0780.